The molecule has 0 radical (unpaired) electrons. The summed E-state index contributed by atoms with van der Waals surface area (Å²) in [6, 6.07) is 49.6. The average Bonchev–Trinajstić information content (AvgIpc) is 1.67. The molecular formula is C87H103BBr3ClN6O9. The van der Waals surface area contributed by atoms with Gasteiger partial charge in [0.05, 0.1) is 58.2 Å². The van der Waals surface area contributed by atoms with Gasteiger partial charge in [-0.3, -0.25) is 4.79 Å². The number of aryl methyl sites for hydroxylation is 3. The van der Waals surface area contributed by atoms with Gasteiger partial charge in [0, 0.05) is 48.7 Å². The molecule has 1 saturated heterocycles. The molecule has 3 aromatic heterocycles. The number of ketones is 1. The molecule has 15 nitrogen and oxygen atoms in total. The van der Waals surface area contributed by atoms with Gasteiger partial charge in [0.2, 0.25) is 5.28 Å². The van der Waals surface area contributed by atoms with E-state index in [-0.39, 0.29) is 55.8 Å². The third-order valence-corrected chi connectivity index (χ3v) is 21.8. The van der Waals surface area contributed by atoms with Crippen LogP contribution < -0.4 is 5.46 Å². The largest absolute Gasteiger partial charge is 0.494 e. The number of carboxylic acids is 1. The van der Waals surface area contributed by atoms with E-state index in [4.69, 9.17) is 35.5 Å². The first kappa shape index (κ1) is 88.0. The highest BCUT2D eigenvalue weighted by Gasteiger charge is 2.52. The van der Waals surface area contributed by atoms with Crippen molar-refractivity contribution in [2.24, 2.45) is 0 Å². The van der Waals surface area contributed by atoms with E-state index in [0.717, 1.165) is 36.7 Å². The van der Waals surface area contributed by atoms with Gasteiger partial charge in [-0.15, -0.1) is 0 Å². The van der Waals surface area contributed by atoms with Gasteiger partial charge >= 0.3 is 25.0 Å². The summed E-state index contributed by atoms with van der Waals surface area (Å²) in [5.74, 6) is -0.475. The number of carboxylic acid groups (broad SMARTS) is 1. The number of hydrogen-bond acceptors (Lipinski definition) is 14. The summed E-state index contributed by atoms with van der Waals surface area (Å²) in [7, 11) is -0.244. The fourth-order valence-corrected chi connectivity index (χ4v) is 11.9. The van der Waals surface area contributed by atoms with Crippen LogP contribution in [0.2, 0.25) is 5.28 Å². The molecule has 0 unspecified atom stereocenters. The Labute approximate surface area is 664 Å². The maximum absolute atomic E-state index is 11.8. The Morgan fingerprint density at radius 1 is 0.467 bits per heavy atom. The Balaban J connectivity index is 0.000000199. The molecule has 0 atom stereocenters. The second kappa shape index (κ2) is 38.0. The fourth-order valence-electron chi connectivity index (χ4n) is 10.9. The van der Waals surface area contributed by atoms with Crippen molar-refractivity contribution in [1.82, 2.24) is 29.9 Å². The third-order valence-electron chi connectivity index (χ3n) is 20.1. The van der Waals surface area contributed by atoms with Crippen LogP contribution in [-0.2, 0) is 40.4 Å². The van der Waals surface area contributed by atoms with Crippen molar-refractivity contribution in [2.75, 3.05) is 13.2 Å². The van der Waals surface area contributed by atoms with E-state index in [1.807, 2.05) is 55.5 Å². The Morgan fingerprint density at radius 3 is 1.07 bits per heavy atom. The molecule has 1 aliphatic heterocycles. The number of halogens is 4. The summed E-state index contributed by atoms with van der Waals surface area (Å²) in [5, 5.41) is 9.11. The summed E-state index contributed by atoms with van der Waals surface area (Å²) in [6.07, 6.45) is 14.6. The number of rotatable bonds is 14. The number of Topliss-reactive ketones (excluding diaryl/α,β-unsaturated/α-hetero) is 1. The molecule has 0 spiro atoms. The first-order valence-electron chi connectivity index (χ1n) is 35.4. The van der Waals surface area contributed by atoms with E-state index >= 15 is 0 Å². The first-order valence-corrected chi connectivity index (χ1v) is 38.1. The number of carbonyl (C=O) groups excluding carboxylic acids is 3. The summed E-state index contributed by atoms with van der Waals surface area (Å²) >= 11 is 15.6. The second-order valence-corrected chi connectivity index (χ2v) is 32.3. The maximum atomic E-state index is 11.8. The van der Waals surface area contributed by atoms with Gasteiger partial charge in [0.15, 0.2) is 17.4 Å². The Kier molecular flexibility index (Phi) is 31.2. The third kappa shape index (κ3) is 24.5. The van der Waals surface area contributed by atoms with E-state index in [2.05, 4.69) is 225 Å². The highest BCUT2D eigenvalue weighted by molar-refractivity contribution is 9.11. The first-order chi connectivity index (χ1) is 49.5. The van der Waals surface area contributed by atoms with E-state index < -0.39 is 11.9 Å². The monoisotopic (exact) mass is 1660 g/mol. The molecule has 6 aromatic carbocycles. The normalized spacial score (nSPS) is 15.8. The topological polar surface area (TPSA) is 203 Å². The minimum atomic E-state index is -0.994. The molecule has 20 heteroatoms. The van der Waals surface area contributed by atoms with Crippen molar-refractivity contribution in [3.63, 3.8) is 0 Å². The average molecular weight is 1660 g/mol. The van der Waals surface area contributed by atoms with Crippen molar-refractivity contribution >= 4 is 101 Å². The molecule has 4 aliphatic carbocycles. The van der Waals surface area contributed by atoms with Crippen molar-refractivity contribution < 1.29 is 43.1 Å². The molecule has 566 valence electrons. The SMILES string of the molecule is C.C.C=C(C)c1ccc(Br)cc1.CC(=O)c1ccc(Br)cc1.CC1(c2ccc(B3OC(C)(C)C(C)(C)O3)cc2)CC1.CC1(c2ccc(Br)cc2)CC1.CCOC(=O)c1cnc(-c2ccc(C3(C)CC3)cc2)nc1C.CCOC(=O)c1cnc(Cl)nc1C.Cc1nc(-c2ccc(C3(C)CC3)cc2)ncc1C(=O)O. The summed E-state index contributed by atoms with van der Waals surface area (Å²) < 4.78 is 25.2. The zero-order valence-corrected chi connectivity index (χ0v) is 68.4. The molecular weight excluding hydrogens is 1560 g/mol. The Morgan fingerprint density at radius 2 is 0.766 bits per heavy atom. The maximum Gasteiger partial charge on any atom is 0.494 e. The predicted molar refractivity (Wildman–Crippen MR) is 444 cm³/mol. The van der Waals surface area contributed by atoms with Crippen LogP contribution >= 0.6 is 59.4 Å². The fraction of sp³-hybridized carbons (Fsp3) is 0.379. The summed E-state index contributed by atoms with van der Waals surface area (Å²) in [6.45, 7) is 34.4. The molecule has 9 aromatic rings. The highest BCUT2D eigenvalue weighted by atomic mass is 79.9. The Bertz CT molecular complexity index is 4440. The number of esters is 2. The zero-order chi connectivity index (χ0) is 76.8. The van der Waals surface area contributed by atoms with Crippen LogP contribution in [0.15, 0.2) is 184 Å². The van der Waals surface area contributed by atoms with Crippen LogP contribution in [0.1, 0.15) is 236 Å². The number of hydrogen-bond donors (Lipinski definition) is 1. The van der Waals surface area contributed by atoms with E-state index in [9.17, 15) is 19.2 Å². The quantitative estimate of drug-likeness (QED) is 0.0466. The number of nitrogens with zero attached hydrogens (tertiary/aromatic N) is 6. The van der Waals surface area contributed by atoms with Crippen LogP contribution in [0.25, 0.3) is 28.3 Å². The van der Waals surface area contributed by atoms with Crippen molar-refractivity contribution in [1.29, 1.82) is 0 Å². The number of aromatic nitrogens is 6. The molecule has 14 rings (SSSR count). The smallest absolute Gasteiger partial charge is 0.478 e. The zero-order valence-electron chi connectivity index (χ0n) is 62.9. The van der Waals surface area contributed by atoms with E-state index in [1.54, 1.807) is 59.9 Å². The van der Waals surface area contributed by atoms with Gasteiger partial charge in [-0.25, -0.2) is 44.3 Å². The summed E-state index contributed by atoms with van der Waals surface area (Å²) in [5.41, 5.74) is 15.4. The van der Waals surface area contributed by atoms with E-state index in [0.29, 0.717) is 74.7 Å². The van der Waals surface area contributed by atoms with Gasteiger partial charge in [0.1, 0.15) is 0 Å². The molecule has 5 fully saturated rings. The van der Waals surface area contributed by atoms with E-state index in [1.165, 1.54) is 96.1 Å². The van der Waals surface area contributed by atoms with Gasteiger partial charge in [-0.2, -0.15) is 0 Å². The number of ether oxygens (including phenoxy) is 2. The lowest BCUT2D eigenvalue weighted by molar-refractivity contribution is 0.00578. The Hall–Kier alpha value is -7.91. The van der Waals surface area contributed by atoms with Crippen LogP contribution in [0.4, 0.5) is 0 Å². The molecule has 0 amide bonds. The van der Waals surface area contributed by atoms with Crippen LogP contribution in [0.5, 0.6) is 0 Å². The molecule has 5 aliphatic rings. The molecule has 107 heavy (non-hydrogen) atoms. The predicted octanol–water partition coefficient (Wildman–Crippen LogP) is 22.4. The van der Waals surface area contributed by atoms with Crippen molar-refractivity contribution in [3.05, 3.63) is 257 Å². The molecule has 4 saturated carbocycles. The van der Waals surface area contributed by atoms with Crippen LogP contribution in [-0.4, -0.2) is 90.2 Å². The number of aromatic carboxylic acids is 1. The van der Waals surface area contributed by atoms with Crippen molar-refractivity contribution in [2.45, 2.75) is 203 Å². The lowest BCUT2D eigenvalue weighted by Crippen LogP contribution is -2.41. The lowest BCUT2D eigenvalue weighted by atomic mass is 9.78. The molecule has 1 N–H and O–H groups in total. The number of carbonyl (C=O) groups is 4. The second-order valence-electron chi connectivity index (χ2n) is 29.2. The van der Waals surface area contributed by atoms with Gasteiger partial charge in [-0.1, -0.05) is 212 Å². The standard InChI is InChI=1S/C18H20N2O2.C16H23BO2.C16H16N2O2.C10H11Br.C9H9Br.C8H7BrO.C8H9ClN2O2.2CH4/c1-4-22-17(21)15-11-19-16(20-12(15)2)13-5-7-14(8-6-13)18(3)9-10-18;1-14(2)15(3,4)19-17(18-14)13-8-6-12(7-9-13)16(5)10-11-16;1-10-13(15(19)20)9-17-14(18-10)11-3-5-12(6-4-11)16(2)7-8-16;1-10(6-7-10)8-2-4-9(11)5-3-8;1-7(2)8-3-5-9(10)6-4-8;1-6(10)7-2-4-8(9)5-3-7;1-3-13-7(12)6-4-10-8(9)11-5(6)2;;/h5-8,11H,4,9-10H2,1-3H3;6-9H,10-11H2,1-5H3;3-6,9H,7-8H2,1-2H3,(H,19,20);2-5H,6-7H2,1H3;3-6H,1H2,2H3;2-5H,1H3;4H,3H2,1-2H3;2*1H4. The van der Waals surface area contributed by atoms with Crippen LogP contribution in [0, 0.1) is 20.8 Å². The lowest BCUT2D eigenvalue weighted by Gasteiger charge is -2.32. The molecule has 4 heterocycles. The van der Waals surface area contributed by atoms with Gasteiger partial charge in [-0.05, 0) is 230 Å². The minimum absolute atomic E-state index is 0. The highest BCUT2D eigenvalue weighted by Crippen LogP contribution is 2.50. The van der Waals surface area contributed by atoms with Gasteiger partial charge in [0.25, 0.3) is 0 Å². The summed E-state index contributed by atoms with van der Waals surface area (Å²) in [4.78, 5) is 69.4. The number of benzene rings is 6. The molecule has 0 bridgehead atoms. The number of allylic oxidation sites excluding steroid dienone is 1. The minimum Gasteiger partial charge on any atom is -0.478 e. The van der Waals surface area contributed by atoms with Gasteiger partial charge < -0.3 is 23.9 Å². The van der Waals surface area contributed by atoms with Crippen LogP contribution in [0.3, 0.4) is 0 Å². The van der Waals surface area contributed by atoms with Crippen molar-refractivity contribution in [3.8, 4) is 22.8 Å².